The van der Waals surface area contributed by atoms with Gasteiger partial charge in [0.1, 0.15) is 5.82 Å². The summed E-state index contributed by atoms with van der Waals surface area (Å²) in [6.07, 6.45) is 6.53. The molecule has 1 saturated heterocycles. The van der Waals surface area contributed by atoms with Gasteiger partial charge in [-0.15, -0.1) is 11.8 Å². The molecule has 0 spiro atoms. The van der Waals surface area contributed by atoms with Crippen LogP contribution in [0.5, 0.6) is 0 Å². The number of nitrogens with zero attached hydrogens (tertiary/aromatic N) is 1. The Kier molecular flexibility index (Phi) is 4.71. The number of carbonyl (C=O) groups is 2. The zero-order valence-electron chi connectivity index (χ0n) is 14.4. The second-order valence-electron chi connectivity index (χ2n) is 6.84. The SMILES string of the molecule is CC(=O)OC1C=C2CN(C(C(=O)C3C=C3)c3ccccc3F)CCC2S1. The van der Waals surface area contributed by atoms with Crippen molar-refractivity contribution in [2.24, 2.45) is 5.92 Å². The van der Waals surface area contributed by atoms with E-state index in [1.807, 2.05) is 18.2 Å². The lowest BCUT2D eigenvalue weighted by Gasteiger charge is -2.37. The highest BCUT2D eigenvalue weighted by Crippen LogP contribution is 2.42. The lowest BCUT2D eigenvalue weighted by Crippen LogP contribution is -2.42. The molecule has 26 heavy (non-hydrogen) atoms. The number of rotatable bonds is 5. The van der Waals surface area contributed by atoms with Crippen LogP contribution in [0, 0.1) is 11.7 Å². The normalized spacial score (nSPS) is 26.2. The van der Waals surface area contributed by atoms with Crippen LogP contribution >= 0.6 is 11.8 Å². The third-order valence-electron chi connectivity index (χ3n) is 4.96. The van der Waals surface area contributed by atoms with Gasteiger partial charge in [-0.3, -0.25) is 14.5 Å². The smallest absolute Gasteiger partial charge is 0.304 e. The van der Waals surface area contributed by atoms with Gasteiger partial charge in [0, 0.05) is 30.8 Å². The van der Waals surface area contributed by atoms with E-state index in [0.717, 1.165) is 12.0 Å². The summed E-state index contributed by atoms with van der Waals surface area (Å²) in [5.74, 6) is -0.801. The molecular weight excluding hydrogens is 353 g/mol. The minimum Gasteiger partial charge on any atom is -0.447 e. The number of allylic oxidation sites excluding steroid dienone is 2. The molecule has 4 nitrogen and oxygen atoms in total. The van der Waals surface area contributed by atoms with E-state index in [9.17, 15) is 14.0 Å². The Hall–Kier alpha value is -1.92. The second kappa shape index (κ2) is 7.00. The highest BCUT2D eigenvalue weighted by Gasteiger charge is 2.40. The van der Waals surface area contributed by atoms with E-state index in [4.69, 9.17) is 4.74 Å². The predicted octanol–water partition coefficient (Wildman–Crippen LogP) is 3.26. The summed E-state index contributed by atoms with van der Waals surface area (Å²) >= 11 is 1.63. The number of ether oxygens (including phenoxy) is 1. The molecule has 0 saturated carbocycles. The number of thioether (sulfide) groups is 1. The van der Waals surface area contributed by atoms with Gasteiger partial charge in [-0.2, -0.15) is 0 Å². The minimum atomic E-state index is -0.587. The maximum absolute atomic E-state index is 14.4. The highest BCUT2D eigenvalue weighted by atomic mass is 32.2. The molecule has 0 bridgehead atoms. The van der Waals surface area contributed by atoms with E-state index in [2.05, 4.69) is 4.90 Å². The molecule has 4 rings (SSSR count). The lowest BCUT2D eigenvalue weighted by molar-refractivity contribution is -0.140. The van der Waals surface area contributed by atoms with Gasteiger partial charge in [0.25, 0.3) is 0 Å². The average molecular weight is 373 g/mol. The summed E-state index contributed by atoms with van der Waals surface area (Å²) in [4.78, 5) is 26.2. The van der Waals surface area contributed by atoms with Crippen molar-refractivity contribution in [2.45, 2.75) is 30.1 Å². The first kappa shape index (κ1) is 17.5. The Bertz CT molecular complexity index is 800. The van der Waals surface area contributed by atoms with Crippen LogP contribution in [0.3, 0.4) is 0 Å². The van der Waals surface area contributed by atoms with Crippen LogP contribution in [0.15, 0.2) is 48.1 Å². The van der Waals surface area contributed by atoms with Crippen LogP contribution in [-0.4, -0.2) is 40.4 Å². The van der Waals surface area contributed by atoms with Gasteiger partial charge in [-0.1, -0.05) is 30.4 Å². The van der Waals surface area contributed by atoms with Crippen molar-refractivity contribution in [1.29, 1.82) is 0 Å². The van der Waals surface area contributed by atoms with E-state index in [-0.39, 0.29) is 28.9 Å². The number of esters is 1. The molecule has 2 aliphatic heterocycles. The standard InChI is InChI=1S/C20H20FNO3S/c1-12(23)25-18-10-14-11-22(9-8-17(14)26-18)19(20(24)13-6-7-13)15-4-2-3-5-16(15)21/h2-7,10,13,17-19H,8-9,11H2,1H3. The quantitative estimate of drug-likeness (QED) is 0.586. The third kappa shape index (κ3) is 3.48. The van der Waals surface area contributed by atoms with Crippen LogP contribution < -0.4 is 0 Å². The largest absolute Gasteiger partial charge is 0.447 e. The molecule has 0 N–H and O–H groups in total. The Labute approximate surface area is 156 Å². The number of benzene rings is 1. The summed E-state index contributed by atoms with van der Waals surface area (Å²) < 4.78 is 19.7. The maximum Gasteiger partial charge on any atom is 0.304 e. The van der Waals surface area contributed by atoms with Gasteiger partial charge in [-0.05, 0) is 24.1 Å². The van der Waals surface area contributed by atoms with Gasteiger partial charge >= 0.3 is 5.97 Å². The Morgan fingerprint density at radius 3 is 2.77 bits per heavy atom. The topological polar surface area (TPSA) is 46.6 Å². The number of fused-ring (bicyclic) bond motifs is 1. The van der Waals surface area contributed by atoms with E-state index >= 15 is 0 Å². The van der Waals surface area contributed by atoms with Crippen molar-refractivity contribution in [3.63, 3.8) is 0 Å². The van der Waals surface area contributed by atoms with Crippen molar-refractivity contribution >= 4 is 23.5 Å². The van der Waals surface area contributed by atoms with Crippen LogP contribution in [0.2, 0.25) is 0 Å². The van der Waals surface area contributed by atoms with Gasteiger partial charge in [-0.25, -0.2) is 4.39 Å². The number of hydrogen-bond acceptors (Lipinski definition) is 5. The zero-order chi connectivity index (χ0) is 18.3. The van der Waals surface area contributed by atoms with Crippen molar-refractivity contribution in [3.8, 4) is 0 Å². The molecule has 3 unspecified atom stereocenters. The number of piperidine rings is 1. The van der Waals surface area contributed by atoms with Crippen molar-refractivity contribution in [3.05, 3.63) is 59.4 Å². The number of hydrogen-bond donors (Lipinski definition) is 0. The Morgan fingerprint density at radius 1 is 1.31 bits per heavy atom. The predicted molar refractivity (Wildman–Crippen MR) is 98.0 cm³/mol. The molecule has 0 aromatic heterocycles. The fourth-order valence-corrected chi connectivity index (χ4v) is 5.01. The molecule has 3 aliphatic rings. The van der Waals surface area contributed by atoms with Crippen molar-refractivity contribution < 1.29 is 18.7 Å². The van der Waals surface area contributed by atoms with Gasteiger partial charge in [0.05, 0.1) is 12.0 Å². The van der Waals surface area contributed by atoms with Crippen molar-refractivity contribution in [1.82, 2.24) is 4.90 Å². The monoisotopic (exact) mass is 373 g/mol. The molecule has 6 heteroatoms. The summed E-state index contributed by atoms with van der Waals surface area (Å²) in [6.45, 7) is 2.70. The van der Waals surface area contributed by atoms with E-state index in [1.54, 1.807) is 30.0 Å². The molecule has 1 aliphatic carbocycles. The molecule has 1 aromatic carbocycles. The van der Waals surface area contributed by atoms with E-state index in [0.29, 0.717) is 23.9 Å². The minimum absolute atomic E-state index is 0.0244. The first-order valence-corrected chi connectivity index (χ1v) is 9.71. The molecule has 0 radical (unpaired) electrons. The highest BCUT2D eigenvalue weighted by molar-refractivity contribution is 8.01. The fourth-order valence-electron chi connectivity index (χ4n) is 3.68. The summed E-state index contributed by atoms with van der Waals surface area (Å²) in [6, 6.07) is 5.93. The van der Waals surface area contributed by atoms with Crippen LogP contribution in [-0.2, 0) is 14.3 Å². The molecule has 136 valence electrons. The molecule has 1 fully saturated rings. The number of likely N-dealkylation sites (tertiary alicyclic amines) is 1. The van der Waals surface area contributed by atoms with Gasteiger partial charge in [0.2, 0.25) is 0 Å². The number of halogens is 1. The van der Waals surface area contributed by atoms with Crippen LogP contribution in [0.25, 0.3) is 0 Å². The summed E-state index contributed by atoms with van der Waals surface area (Å²) in [5.41, 5.74) is 1.33. The van der Waals surface area contributed by atoms with Gasteiger partial charge < -0.3 is 4.74 Å². The molecule has 3 atom stereocenters. The molecule has 0 amide bonds. The summed E-state index contributed by atoms with van der Waals surface area (Å²) in [7, 11) is 0. The van der Waals surface area contributed by atoms with Crippen LogP contribution in [0.4, 0.5) is 4.39 Å². The third-order valence-corrected chi connectivity index (χ3v) is 6.32. The molecule has 2 heterocycles. The van der Waals surface area contributed by atoms with E-state index < -0.39 is 6.04 Å². The summed E-state index contributed by atoms with van der Waals surface area (Å²) in [5, 5.41) is 0.297. The molecular formula is C20H20FNO3S. The zero-order valence-corrected chi connectivity index (χ0v) is 15.2. The first-order chi connectivity index (χ1) is 12.5. The Balaban J connectivity index is 1.58. The van der Waals surface area contributed by atoms with Crippen LogP contribution in [0.1, 0.15) is 24.9 Å². The lowest BCUT2D eigenvalue weighted by atomic mass is 9.93. The Morgan fingerprint density at radius 2 is 2.08 bits per heavy atom. The maximum atomic E-state index is 14.4. The average Bonchev–Trinajstić information content (AvgIpc) is 3.37. The van der Waals surface area contributed by atoms with E-state index in [1.165, 1.54) is 13.0 Å². The van der Waals surface area contributed by atoms with Crippen molar-refractivity contribution in [2.75, 3.05) is 13.1 Å². The fraction of sp³-hybridized carbons (Fsp3) is 0.400. The number of Topliss-reactive ketones (excluding diaryl/α,β-unsaturated/α-hetero) is 1. The number of carbonyl (C=O) groups excluding carboxylic acids is 2. The second-order valence-corrected chi connectivity index (χ2v) is 8.15. The van der Waals surface area contributed by atoms with Gasteiger partial charge in [0.15, 0.2) is 11.2 Å². The first-order valence-electron chi connectivity index (χ1n) is 8.76. The molecule has 1 aromatic rings. The number of ketones is 1.